The van der Waals surface area contributed by atoms with Crippen molar-refractivity contribution in [3.05, 3.63) is 29.8 Å². The highest BCUT2D eigenvalue weighted by atomic mass is 32.2. The fourth-order valence-corrected chi connectivity index (χ4v) is 3.88. The topological polar surface area (TPSA) is 72.2 Å². The summed E-state index contributed by atoms with van der Waals surface area (Å²) in [4.78, 5) is 0.164. The molecule has 19 heavy (non-hydrogen) atoms. The molecular weight excluding hydrogens is 280 g/mol. The van der Waals surface area contributed by atoms with Crippen molar-refractivity contribution in [2.24, 2.45) is 5.14 Å². The summed E-state index contributed by atoms with van der Waals surface area (Å²) in [7, 11) is -3.60. The average Bonchev–Trinajstić information content (AvgIpc) is 2.39. The quantitative estimate of drug-likeness (QED) is 0.890. The number of thioether (sulfide) groups is 1. The van der Waals surface area contributed by atoms with Gasteiger partial charge in [0.2, 0.25) is 10.0 Å². The zero-order valence-corrected chi connectivity index (χ0v) is 12.6. The van der Waals surface area contributed by atoms with Crippen molar-refractivity contribution in [1.29, 1.82) is 0 Å². The third kappa shape index (κ3) is 4.21. The Labute approximate surface area is 119 Å². The van der Waals surface area contributed by atoms with E-state index in [0.717, 1.165) is 5.56 Å². The third-order valence-corrected chi connectivity index (χ3v) is 5.39. The van der Waals surface area contributed by atoms with Gasteiger partial charge in [-0.2, -0.15) is 11.8 Å². The lowest BCUT2D eigenvalue weighted by Crippen LogP contribution is -2.34. The Hall–Kier alpha value is -0.560. The fourth-order valence-electron chi connectivity index (χ4n) is 2.26. The van der Waals surface area contributed by atoms with Gasteiger partial charge in [-0.1, -0.05) is 12.1 Å². The Morgan fingerprint density at radius 2 is 1.84 bits per heavy atom. The van der Waals surface area contributed by atoms with Crippen LogP contribution in [-0.4, -0.2) is 26.0 Å². The number of nitrogens with one attached hydrogen (secondary N) is 1. The molecule has 106 valence electrons. The van der Waals surface area contributed by atoms with E-state index in [2.05, 4.69) is 12.2 Å². The van der Waals surface area contributed by atoms with Gasteiger partial charge in [0.25, 0.3) is 0 Å². The minimum Gasteiger partial charge on any atom is -0.307 e. The molecule has 6 heteroatoms. The van der Waals surface area contributed by atoms with Crippen molar-refractivity contribution >= 4 is 21.8 Å². The van der Waals surface area contributed by atoms with Crippen molar-refractivity contribution in [2.75, 3.05) is 11.5 Å². The van der Waals surface area contributed by atoms with Crippen LogP contribution in [0.5, 0.6) is 0 Å². The summed E-state index contributed by atoms with van der Waals surface area (Å²) in [5.74, 6) is 2.43. The molecule has 3 N–H and O–H groups in total. The van der Waals surface area contributed by atoms with E-state index in [1.807, 2.05) is 23.9 Å². The zero-order chi connectivity index (χ0) is 13.9. The molecular formula is C13H20N2O2S2. The Balaban J connectivity index is 2.01. The normalized spacial score (nSPS) is 19.3. The number of hydrogen-bond acceptors (Lipinski definition) is 4. The molecule has 0 saturated carbocycles. The van der Waals surface area contributed by atoms with E-state index in [9.17, 15) is 8.42 Å². The van der Waals surface area contributed by atoms with Crippen LogP contribution in [0.15, 0.2) is 29.2 Å². The van der Waals surface area contributed by atoms with Crippen LogP contribution in [0.1, 0.15) is 31.4 Å². The Morgan fingerprint density at radius 3 is 2.37 bits per heavy atom. The number of nitrogens with two attached hydrogens (primary N) is 1. The first-order chi connectivity index (χ1) is 8.97. The highest BCUT2D eigenvalue weighted by molar-refractivity contribution is 7.99. The Bertz CT molecular complexity index is 508. The summed E-state index contributed by atoms with van der Waals surface area (Å²) in [6.07, 6.45) is 2.40. The molecule has 0 radical (unpaired) electrons. The van der Waals surface area contributed by atoms with E-state index in [4.69, 9.17) is 5.14 Å². The van der Waals surface area contributed by atoms with Gasteiger partial charge in [-0.15, -0.1) is 0 Å². The Kier molecular flexibility index (Phi) is 4.89. The molecule has 1 unspecified atom stereocenters. The Morgan fingerprint density at radius 1 is 1.26 bits per heavy atom. The minimum atomic E-state index is -3.60. The third-order valence-electron chi connectivity index (χ3n) is 3.42. The summed E-state index contributed by atoms with van der Waals surface area (Å²) in [6, 6.07) is 7.58. The van der Waals surface area contributed by atoms with Gasteiger partial charge in [-0.05, 0) is 49.0 Å². The van der Waals surface area contributed by atoms with Crippen LogP contribution in [0.25, 0.3) is 0 Å². The van der Waals surface area contributed by atoms with Crippen LogP contribution in [-0.2, 0) is 10.0 Å². The molecule has 1 aromatic rings. The van der Waals surface area contributed by atoms with Crippen LogP contribution in [0, 0.1) is 0 Å². The maximum Gasteiger partial charge on any atom is 0.238 e. The van der Waals surface area contributed by atoms with Crippen molar-refractivity contribution < 1.29 is 8.42 Å². The lowest BCUT2D eigenvalue weighted by atomic mass is 10.1. The number of primary sulfonamides is 1. The summed E-state index contributed by atoms with van der Waals surface area (Å²) < 4.78 is 22.4. The van der Waals surface area contributed by atoms with Crippen LogP contribution in [0.3, 0.4) is 0 Å². The molecule has 0 aliphatic carbocycles. The predicted octanol–water partition coefficient (Wildman–Crippen LogP) is 1.88. The molecule has 0 bridgehead atoms. The largest absolute Gasteiger partial charge is 0.307 e. The smallest absolute Gasteiger partial charge is 0.238 e. The molecule has 4 nitrogen and oxygen atoms in total. The van der Waals surface area contributed by atoms with E-state index >= 15 is 0 Å². The minimum absolute atomic E-state index is 0.164. The fraction of sp³-hybridized carbons (Fsp3) is 0.538. The second-order valence-electron chi connectivity index (χ2n) is 4.89. The van der Waals surface area contributed by atoms with E-state index in [1.165, 1.54) is 24.3 Å². The molecule has 1 aliphatic heterocycles. The number of rotatable bonds is 4. The van der Waals surface area contributed by atoms with Crippen LogP contribution < -0.4 is 10.5 Å². The molecule has 1 heterocycles. The van der Waals surface area contributed by atoms with Gasteiger partial charge in [-0.25, -0.2) is 13.6 Å². The second kappa shape index (κ2) is 6.26. The van der Waals surface area contributed by atoms with E-state index < -0.39 is 10.0 Å². The molecule has 1 atom stereocenters. The maximum atomic E-state index is 11.2. The second-order valence-corrected chi connectivity index (χ2v) is 7.68. The predicted molar refractivity (Wildman–Crippen MR) is 79.7 cm³/mol. The van der Waals surface area contributed by atoms with Gasteiger partial charge in [0.1, 0.15) is 0 Å². The molecule has 1 aliphatic rings. The summed E-state index contributed by atoms with van der Waals surface area (Å²) in [6.45, 7) is 2.10. The molecule has 2 rings (SSSR count). The summed E-state index contributed by atoms with van der Waals surface area (Å²) in [5, 5.41) is 8.69. The molecule has 0 aromatic heterocycles. The molecule has 0 amide bonds. The number of benzene rings is 1. The van der Waals surface area contributed by atoms with Gasteiger partial charge >= 0.3 is 0 Å². The van der Waals surface area contributed by atoms with E-state index in [-0.39, 0.29) is 10.9 Å². The van der Waals surface area contributed by atoms with Crippen molar-refractivity contribution in [1.82, 2.24) is 5.32 Å². The standard InChI is InChI=1S/C13H20N2O2S2/c1-10(15-12-6-8-18-9-7-12)11-2-4-13(5-3-11)19(14,16)17/h2-5,10,12,15H,6-9H2,1H3,(H2,14,16,17). The van der Waals surface area contributed by atoms with Gasteiger partial charge in [-0.3, -0.25) is 0 Å². The summed E-state index contributed by atoms with van der Waals surface area (Å²) >= 11 is 2.01. The first kappa shape index (κ1) is 14.8. The maximum absolute atomic E-state index is 11.2. The summed E-state index contributed by atoms with van der Waals surface area (Å²) in [5.41, 5.74) is 1.09. The van der Waals surface area contributed by atoms with Gasteiger partial charge in [0.15, 0.2) is 0 Å². The highest BCUT2D eigenvalue weighted by Crippen LogP contribution is 2.21. The first-order valence-electron chi connectivity index (χ1n) is 6.43. The van der Waals surface area contributed by atoms with Crippen LogP contribution in [0.2, 0.25) is 0 Å². The SMILES string of the molecule is CC(NC1CCSCC1)c1ccc(S(N)(=O)=O)cc1. The lowest BCUT2D eigenvalue weighted by Gasteiger charge is -2.26. The van der Waals surface area contributed by atoms with E-state index in [0.29, 0.717) is 6.04 Å². The van der Waals surface area contributed by atoms with Crippen molar-refractivity contribution in [3.63, 3.8) is 0 Å². The molecule has 1 saturated heterocycles. The van der Waals surface area contributed by atoms with Crippen molar-refractivity contribution in [2.45, 2.75) is 36.7 Å². The lowest BCUT2D eigenvalue weighted by molar-refractivity contribution is 0.431. The van der Waals surface area contributed by atoms with Crippen molar-refractivity contribution in [3.8, 4) is 0 Å². The molecule has 1 fully saturated rings. The first-order valence-corrected chi connectivity index (χ1v) is 9.13. The number of sulfonamides is 1. The van der Waals surface area contributed by atoms with Gasteiger partial charge in [0.05, 0.1) is 4.90 Å². The monoisotopic (exact) mass is 300 g/mol. The molecule has 1 aromatic carbocycles. The van der Waals surface area contributed by atoms with Gasteiger partial charge < -0.3 is 5.32 Å². The van der Waals surface area contributed by atoms with Gasteiger partial charge in [0, 0.05) is 12.1 Å². The molecule has 0 spiro atoms. The van der Waals surface area contributed by atoms with Crippen LogP contribution in [0.4, 0.5) is 0 Å². The van der Waals surface area contributed by atoms with E-state index in [1.54, 1.807) is 12.1 Å². The van der Waals surface area contributed by atoms with Crippen LogP contribution >= 0.6 is 11.8 Å². The number of hydrogen-bond donors (Lipinski definition) is 2. The zero-order valence-electron chi connectivity index (χ0n) is 11.0. The average molecular weight is 300 g/mol. The highest BCUT2D eigenvalue weighted by Gasteiger charge is 2.17.